The van der Waals surface area contributed by atoms with E-state index >= 15 is 0 Å². The molecule has 1 rings (SSSR count). The molecule has 16 heavy (non-hydrogen) atoms. The first-order valence-corrected chi connectivity index (χ1v) is 6.33. The summed E-state index contributed by atoms with van der Waals surface area (Å²) in [5.74, 6) is -0.0946. The maximum absolute atomic E-state index is 11.7. The molecule has 0 spiro atoms. The molecule has 1 aliphatic heterocycles. The smallest absolute Gasteiger partial charge is 0.323 e. The summed E-state index contributed by atoms with van der Waals surface area (Å²) in [6.45, 7) is 9.39. The number of hydrogen-bond donors (Lipinski definition) is 1. The summed E-state index contributed by atoms with van der Waals surface area (Å²) in [6.07, 6.45) is 2.25. The zero-order valence-electron chi connectivity index (χ0n) is 10.7. The van der Waals surface area contributed by atoms with Gasteiger partial charge in [0.1, 0.15) is 6.04 Å². The van der Waals surface area contributed by atoms with Crippen LogP contribution in [0, 0.1) is 0 Å². The van der Waals surface area contributed by atoms with Gasteiger partial charge in [-0.2, -0.15) is 0 Å². The lowest BCUT2D eigenvalue weighted by atomic mass is 10.0. The predicted octanol–water partition coefficient (Wildman–Crippen LogP) is 1.01. The van der Waals surface area contributed by atoms with E-state index in [1.54, 1.807) is 0 Å². The van der Waals surface area contributed by atoms with Crippen LogP contribution in [0.2, 0.25) is 0 Å². The molecule has 0 aliphatic carbocycles. The van der Waals surface area contributed by atoms with Gasteiger partial charge in [0.2, 0.25) is 0 Å². The lowest BCUT2D eigenvalue weighted by molar-refractivity contribution is -0.150. The number of piperidine rings is 1. The molecule has 0 bridgehead atoms. The number of ether oxygens (including phenoxy) is 1. The van der Waals surface area contributed by atoms with Crippen LogP contribution in [0.1, 0.15) is 33.6 Å². The van der Waals surface area contributed by atoms with E-state index in [9.17, 15) is 4.79 Å². The molecule has 0 aromatic carbocycles. The highest BCUT2D eigenvalue weighted by Gasteiger charge is 2.28. The van der Waals surface area contributed by atoms with Gasteiger partial charge in [-0.1, -0.05) is 6.92 Å². The summed E-state index contributed by atoms with van der Waals surface area (Å²) in [5.41, 5.74) is 0. The number of carbonyl (C=O) groups excluding carboxylic acids is 1. The predicted molar refractivity (Wildman–Crippen MR) is 64.4 cm³/mol. The van der Waals surface area contributed by atoms with E-state index in [0.717, 1.165) is 32.5 Å². The third kappa shape index (κ3) is 3.46. The van der Waals surface area contributed by atoms with Gasteiger partial charge in [0.15, 0.2) is 0 Å². The van der Waals surface area contributed by atoms with Gasteiger partial charge in [0, 0.05) is 6.04 Å². The largest absolute Gasteiger partial charge is 0.465 e. The van der Waals surface area contributed by atoms with Gasteiger partial charge < -0.3 is 10.1 Å². The van der Waals surface area contributed by atoms with Crippen LogP contribution in [0.5, 0.6) is 0 Å². The van der Waals surface area contributed by atoms with Crippen LogP contribution >= 0.6 is 0 Å². The van der Waals surface area contributed by atoms with Gasteiger partial charge in [0.25, 0.3) is 0 Å². The fourth-order valence-corrected chi connectivity index (χ4v) is 2.38. The first kappa shape index (κ1) is 13.5. The van der Waals surface area contributed by atoms with Crippen molar-refractivity contribution in [2.45, 2.75) is 45.7 Å². The Hall–Kier alpha value is -0.610. The maximum Gasteiger partial charge on any atom is 0.323 e. The van der Waals surface area contributed by atoms with Crippen molar-refractivity contribution in [1.82, 2.24) is 10.2 Å². The maximum atomic E-state index is 11.7. The van der Waals surface area contributed by atoms with Crippen LogP contribution < -0.4 is 5.32 Å². The molecular formula is C12H24N2O2. The van der Waals surface area contributed by atoms with E-state index in [0.29, 0.717) is 12.6 Å². The zero-order valence-corrected chi connectivity index (χ0v) is 10.7. The Morgan fingerprint density at radius 2 is 2.06 bits per heavy atom. The van der Waals surface area contributed by atoms with Crippen LogP contribution in [0.25, 0.3) is 0 Å². The minimum atomic E-state index is -0.118. The number of esters is 1. The van der Waals surface area contributed by atoms with E-state index in [2.05, 4.69) is 17.1 Å². The molecule has 1 N–H and O–H groups in total. The van der Waals surface area contributed by atoms with E-state index in [1.165, 1.54) is 0 Å². The monoisotopic (exact) mass is 228 g/mol. The molecule has 1 fully saturated rings. The second-order valence-electron chi connectivity index (χ2n) is 4.24. The summed E-state index contributed by atoms with van der Waals surface area (Å²) in [4.78, 5) is 14.0. The second-order valence-corrected chi connectivity index (χ2v) is 4.24. The summed E-state index contributed by atoms with van der Waals surface area (Å²) < 4.78 is 5.08. The first-order valence-electron chi connectivity index (χ1n) is 6.33. The third-order valence-electron chi connectivity index (χ3n) is 3.27. The Kier molecular flexibility index (Phi) is 5.77. The summed E-state index contributed by atoms with van der Waals surface area (Å²) >= 11 is 0. The molecule has 1 saturated heterocycles. The van der Waals surface area contributed by atoms with Crippen LogP contribution in [0.15, 0.2) is 0 Å². The Morgan fingerprint density at radius 1 is 1.44 bits per heavy atom. The van der Waals surface area contributed by atoms with Crippen molar-refractivity contribution in [2.75, 3.05) is 26.2 Å². The molecule has 1 unspecified atom stereocenters. The second kappa shape index (κ2) is 6.86. The topological polar surface area (TPSA) is 41.6 Å². The fourth-order valence-electron chi connectivity index (χ4n) is 2.38. The SMILES string of the molecule is CCOC(=O)C(C)N(CC)C1CCNCC1. The fraction of sp³-hybridized carbons (Fsp3) is 0.917. The molecule has 0 amide bonds. The Labute approximate surface area is 98.3 Å². The highest BCUT2D eigenvalue weighted by Crippen LogP contribution is 2.15. The standard InChI is InChI=1S/C12H24N2O2/c1-4-14(10(3)12(15)16-5-2)11-6-8-13-9-7-11/h10-11,13H,4-9H2,1-3H3. The molecule has 0 aromatic heterocycles. The van der Waals surface area contributed by atoms with Crippen LogP contribution in [-0.2, 0) is 9.53 Å². The van der Waals surface area contributed by atoms with Gasteiger partial charge >= 0.3 is 5.97 Å². The van der Waals surface area contributed by atoms with E-state index in [-0.39, 0.29) is 12.0 Å². The molecule has 1 aliphatic rings. The minimum absolute atomic E-state index is 0.0946. The molecule has 0 aromatic rings. The molecule has 4 heteroatoms. The quantitative estimate of drug-likeness (QED) is 0.713. The number of likely N-dealkylation sites (N-methyl/N-ethyl adjacent to an activating group) is 1. The average molecular weight is 228 g/mol. The van der Waals surface area contributed by atoms with Gasteiger partial charge in [-0.05, 0) is 46.3 Å². The summed E-state index contributed by atoms with van der Waals surface area (Å²) in [6, 6.07) is 0.402. The van der Waals surface area contributed by atoms with E-state index < -0.39 is 0 Å². The number of nitrogens with zero attached hydrogens (tertiary/aromatic N) is 1. The van der Waals surface area contributed by atoms with Crippen molar-refractivity contribution >= 4 is 5.97 Å². The highest BCUT2D eigenvalue weighted by molar-refractivity contribution is 5.75. The van der Waals surface area contributed by atoms with Crippen LogP contribution in [0.4, 0.5) is 0 Å². The van der Waals surface area contributed by atoms with Crippen LogP contribution in [0.3, 0.4) is 0 Å². The van der Waals surface area contributed by atoms with Gasteiger partial charge in [-0.3, -0.25) is 9.69 Å². The Bertz CT molecular complexity index is 215. The molecule has 1 atom stereocenters. The van der Waals surface area contributed by atoms with Crippen LogP contribution in [-0.4, -0.2) is 49.2 Å². The molecule has 4 nitrogen and oxygen atoms in total. The number of nitrogens with one attached hydrogen (secondary N) is 1. The van der Waals surface area contributed by atoms with Gasteiger partial charge in [-0.25, -0.2) is 0 Å². The van der Waals surface area contributed by atoms with Gasteiger partial charge in [0.05, 0.1) is 6.61 Å². The lowest BCUT2D eigenvalue weighted by Gasteiger charge is -2.36. The minimum Gasteiger partial charge on any atom is -0.465 e. The third-order valence-corrected chi connectivity index (χ3v) is 3.27. The van der Waals surface area contributed by atoms with Crippen molar-refractivity contribution < 1.29 is 9.53 Å². The molecule has 0 radical (unpaired) electrons. The Morgan fingerprint density at radius 3 is 2.56 bits per heavy atom. The molecule has 94 valence electrons. The van der Waals surface area contributed by atoms with E-state index in [1.807, 2.05) is 13.8 Å². The van der Waals surface area contributed by atoms with E-state index in [4.69, 9.17) is 4.74 Å². The normalized spacial score (nSPS) is 19.8. The molecular weight excluding hydrogens is 204 g/mol. The average Bonchev–Trinajstić information content (AvgIpc) is 2.31. The summed E-state index contributed by atoms with van der Waals surface area (Å²) in [7, 11) is 0. The van der Waals surface area contributed by atoms with Crippen molar-refractivity contribution in [3.8, 4) is 0 Å². The number of rotatable bonds is 5. The Balaban J connectivity index is 2.53. The van der Waals surface area contributed by atoms with Crippen molar-refractivity contribution in [3.05, 3.63) is 0 Å². The highest BCUT2D eigenvalue weighted by atomic mass is 16.5. The molecule has 0 saturated carbocycles. The first-order chi connectivity index (χ1) is 7.70. The van der Waals surface area contributed by atoms with Crippen molar-refractivity contribution in [2.24, 2.45) is 0 Å². The van der Waals surface area contributed by atoms with Crippen molar-refractivity contribution in [3.63, 3.8) is 0 Å². The lowest BCUT2D eigenvalue weighted by Crippen LogP contribution is -2.50. The summed E-state index contributed by atoms with van der Waals surface area (Å²) in [5, 5.41) is 3.34. The van der Waals surface area contributed by atoms with Gasteiger partial charge in [-0.15, -0.1) is 0 Å². The van der Waals surface area contributed by atoms with Crippen molar-refractivity contribution in [1.29, 1.82) is 0 Å². The molecule has 1 heterocycles. The number of carbonyl (C=O) groups is 1. The number of hydrogen-bond acceptors (Lipinski definition) is 4. The zero-order chi connectivity index (χ0) is 12.0.